The van der Waals surface area contributed by atoms with E-state index in [1.807, 2.05) is 12.1 Å². The lowest BCUT2D eigenvalue weighted by atomic mass is 9.76. The number of hydrogen-bond acceptors (Lipinski definition) is 3. The summed E-state index contributed by atoms with van der Waals surface area (Å²) in [5, 5.41) is 6.33. The van der Waals surface area contributed by atoms with E-state index >= 15 is 0 Å². The van der Waals surface area contributed by atoms with E-state index in [-0.39, 0.29) is 11.3 Å². The van der Waals surface area contributed by atoms with Crippen molar-refractivity contribution in [3.8, 4) is 0 Å². The van der Waals surface area contributed by atoms with Crippen molar-refractivity contribution in [1.82, 2.24) is 10.3 Å². The summed E-state index contributed by atoms with van der Waals surface area (Å²) in [6.07, 6.45) is 9.04. The molecule has 1 aliphatic rings. The molecule has 0 saturated heterocycles. The van der Waals surface area contributed by atoms with Gasteiger partial charge in [-0.05, 0) is 36.8 Å². The Kier molecular flexibility index (Phi) is 5.59. The lowest BCUT2D eigenvalue weighted by molar-refractivity contribution is 0.0919. The molecule has 1 aromatic heterocycles. The van der Waals surface area contributed by atoms with E-state index < -0.39 is 0 Å². The largest absolute Gasteiger partial charge is 0.369 e. The van der Waals surface area contributed by atoms with Crippen molar-refractivity contribution in [3.63, 3.8) is 0 Å². The van der Waals surface area contributed by atoms with Gasteiger partial charge in [-0.15, -0.1) is 0 Å². The molecule has 21 heavy (non-hydrogen) atoms. The zero-order valence-corrected chi connectivity index (χ0v) is 13.2. The molecule has 0 radical (unpaired) electrons. The fourth-order valence-electron chi connectivity index (χ4n) is 2.94. The normalized spacial score (nSPS) is 17.2. The van der Waals surface area contributed by atoms with Crippen LogP contribution in [0.4, 0.5) is 5.82 Å². The number of aromatic nitrogens is 1. The summed E-state index contributed by atoms with van der Waals surface area (Å²) in [6.45, 7) is 5.97. The van der Waals surface area contributed by atoms with Crippen LogP contribution in [0.15, 0.2) is 18.3 Å². The smallest absolute Gasteiger partial charge is 0.255 e. The first-order valence-electron chi connectivity index (χ1n) is 8.12. The average molecular weight is 289 g/mol. The van der Waals surface area contributed by atoms with Gasteiger partial charge in [0.2, 0.25) is 0 Å². The molecule has 0 unspecified atom stereocenters. The number of amides is 1. The van der Waals surface area contributed by atoms with E-state index in [1.54, 1.807) is 6.20 Å². The maximum atomic E-state index is 12.4. The molecule has 0 spiro atoms. The Hall–Kier alpha value is -1.58. The van der Waals surface area contributed by atoms with Gasteiger partial charge in [0, 0.05) is 19.3 Å². The van der Waals surface area contributed by atoms with Crippen LogP contribution in [0.5, 0.6) is 0 Å². The number of anilines is 1. The first-order chi connectivity index (χ1) is 10.1. The predicted octanol–water partition coefficient (Wildman–Crippen LogP) is 3.60. The fraction of sp³-hybridized carbons (Fsp3) is 0.647. The van der Waals surface area contributed by atoms with Gasteiger partial charge in [-0.3, -0.25) is 4.79 Å². The Balaban J connectivity index is 1.96. The molecule has 1 aliphatic carbocycles. The van der Waals surface area contributed by atoms with Crippen LogP contribution >= 0.6 is 0 Å². The Labute approximate surface area is 127 Å². The molecule has 1 fully saturated rings. The fourth-order valence-corrected chi connectivity index (χ4v) is 2.94. The highest BCUT2D eigenvalue weighted by molar-refractivity contribution is 5.98. The van der Waals surface area contributed by atoms with Crippen molar-refractivity contribution in [2.24, 2.45) is 5.41 Å². The van der Waals surface area contributed by atoms with Gasteiger partial charge in [0.1, 0.15) is 5.82 Å². The van der Waals surface area contributed by atoms with E-state index in [0.717, 1.165) is 19.5 Å². The Morgan fingerprint density at radius 2 is 2.10 bits per heavy atom. The van der Waals surface area contributed by atoms with Gasteiger partial charge in [-0.25, -0.2) is 4.98 Å². The summed E-state index contributed by atoms with van der Waals surface area (Å²) in [6, 6.07) is 3.65. The first-order valence-corrected chi connectivity index (χ1v) is 8.12. The maximum Gasteiger partial charge on any atom is 0.255 e. The third-order valence-electron chi connectivity index (χ3n) is 4.33. The minimum absolute atomic E-state index is 0.0199. The molecular weight excluding hydrogens is 262 g/mol. The molecule has 0 atom stereocenters. The monoisotopic (exact) mass is 289 g/mol. The van der Waals surface area contributed by atoms with Crippen molar-refractivity contribution < 1.29 is 4.79 Å². The van der Waals surface area contributed by atoms with Gasteiger partial charge in [0.15, 0.2) is 0 Å². The minimum atomic E-state index is -0.0199. The van der Waals surface area contributed by atoms with E-state index in [9.17, 15) is 4.79 Å². The van der Waals surface area contributed by atoms with E-state index in [1.165, 1.54) is 32.1 Å². The van der Waals surface area contributed by atoms with Crippen LogP contribution in [0.25, 0.3) is 0 Å². The second-order valence-electron chi connectivity index (χ2n) is 6.38. The molecule has 2 N–H and O–H groups in total. The molecule has 0 aliphatic heterocycles. The molecule has 4 nitrogen and oxygen atoms in total. The quantitative estimate of drug-likeness (QED) is 0.841. The molecule has 116 valence electrons. The second-order valence-corrected chi connectivity index (χ2v) is 6.38. The molecular formula is C17H27N3O. The zero-order chi connectivity index (χ0) is 15.1. The van der Waals surface area contributed by atoms with Gasteiger partial charge in [-0.2, -0.15) is 0 Å². The van der Waals surface area contributed by atoms with Crippen LogP contribution < -0.4 is 10.6 Å². The van der Waals surface area contributed by atoms with Gasteiger partial charge < -0.3 is 10.6 Å². The minimum Gasteiger partial charge on any atom is -0.369 e. The van der Waals surface area contributed by atoms with Crippen LogP contribution in [-0.4, -0.2) is 24.0 Å². The number of carbonyl (C=O) groups is 1. The molecule has 0 aromatic carbocycles. The molecule has 2 rings (SSSR count). The SMILES string of the molecule is CCCNc1ncccc1C(=O)NCC1(C)CCCCC1. The van der Waals surface area contributed by atoms with Crippen LogP contribution in [-0.2, 0) is 0 Å². The highest BCUT2D eigenvalue weighted by atomic mass is 16.1. The predicted molar refractivity (Wildman–Crippen MR) is 86.5 cm³/mol. The van der Waals surface area contributed by atoms with Crippen molar-refractivity contribution in [3.05, 3.63) is 23.9 Å². The van der Waals surface area contributed by atoms with Crippen molar-refractivity contribution in [2.45, 2.75) is 52.4 Å². The molecule has 0 bridgehead atoms. The lowest BCUT2D eigenvalue weighted by Crippen LogP contribution is -2.37. The molecule has 4 heteroatoms. The van der Waals surface area contributed by atoms with Gasteiger partial charge in [-0.1, -0.05) is 33.1 Å². The average Bonchev–Trinajstić information content (AvgIpc) is 2.52. The summed E-state index contributed by atoms with van der Waals surface area (Å²) in [5.74, 6) is 0.666. The van der Waals surface area contributed by atoms with Gasteiger partial charge in [0.05, 0.1) is 5.56 Å². The van der Waals surface area contributed by atoms with E-state index in [2.05, 4.69) is 29.5 Å². The number of nitrogens with one attached hydrogen (secondary N) is 2. The molecule has 1 heterocycles. The lowest BCUT2D eigenvalue weighted by Gasteiger charge is -2.33. The maximum absolute atomic E-state index is 12.4. The molecule has 1 amide bonds. The van der Waals surface area contributed by atoms with E-state index in [4.69, 9.17) is 0 Å². The molecule has 1 saturated carbocycles. The van der Waals surface area contributed by atoms with Gasteiger partial charge in [0.25, 0.3) is 5.91 Å². The summed E-state index contributed by atoms with van der Waals surface area (Å²) >= 11 is 0. The van der Waals surface area contributed by atoms with Crippen LogP contribution in [0.3, 0.4) is 0 Å². The second kappa shape index (κ2) is 7.43. The summed E-state index contributed by atoms with van der Waals surface area (Å²) in [7, 11) is 0. The summed E-state index contributed by atoms with van der Waals surface area (Å²) in [5.41, 5.74) is 0.901. The third kappa shape index (κ3) is 4.45. The number of pyridine rings is 1. The number of carbonyl (C=O) groups excluding carboxylic acids is 1. The Morgan fingerprint density at radius 1 is 1.33 bits per heavy atom. The number of hydrogen-bond donors (Lipinski definition) is 2. The zero-order valence-electron chi connectivity index (χ0n) is 13.2. The van der Waals surface area contributed by atoms with Crippen molar-refractivity contribution in [1.29, 1.82) is 0 Å². The molecule has 1 aromatic rings. The van der Waals surface area contributed by atoms with E-state index in [0.29, 0.717) is 11.4 Å². The van der Waals surface area contributed by atoms with Crippen LogP contribution in [0.2, 0.25) is 0 Å². The third-order valence-corrected chi connectivity index (χ3v) is 4.33. The standard InChI is InChI=1S/C17H27N3O/c1-3-11-18-15-14(8-7-12-19-15)16(21)20-13-17(2)9-5-4-6-10-17/h7-8,12H,3-6,9-11,13H2,1-2H3,(H,18,19)(H,20,21). The highest BCUT2D eigenvalue weighted by Crippen LogP contribution is 2.35. The number of rotatable bonds is 6. The highest BCUT2D eigenvalue weighted by Gasteiger charge is 2.27. The summed E-state index contributed by atoms with van der Waals surface area (Å²) < 4.78 is 0. The van der Waals surface area contributed by atoms with Crippen LogP contribution in [0, 0.1) is 5.41 Å². The Bertz CT molecular complexity index is 467. The Morgan fingerprint density at radius 3 is 2.81 bits per heavy atom. The topological polar surface area (TPSA) is 54.0 Å². The van der Waals surface area contributed by atoms with Crippen LogP contribution in [0.1, 0.15) is 62.7 Å². The van der Waals surface area contributed by atoms with Gasteiger partial charge >= 0.3 is 0 Å². The van der Waals surface area contributed by atoms with Crippen molar-refractivity contribution in [2.75, 3.05) is 18.4 Å². The first kappa shape index (κ1) is 15.8. The number of nitrogens with zero attached hydrogens (tertiary/aromatic N) is 1. The van der Waals surface area contributed by atoms with Crippen molar-refractivity contribution >= 4 is 11.7 Å². The summed E-state index contributed by atoms with van der Waals surface area (Å²) in [4.78, 5) is 16.7.